The summed E-state index contributed by atoms with van der Waals surface area (Å²) in [6, 6.07) is 13.0. The molecule has 9 heteroatoms. The minimum Gasteiger partial charge on any atom is -0.506 e. The molecule has 0 spiro atoms. The molecule has 1 saturated heterocycles. The fourth-order valence-corrected chi connectivity index (χ4v) is 4.88. The summed E-state index contributed by atoms with van der Waals surface area (Å²) in [5.74, 6) is 0.270. The van der Waals surface area contributed by atoms with Crippen LogP contribution in [0.3, 0.4) is 0 Å². The molecular weight excluding hydrogens is 392 g/mol. The predicted molar refractivity (Wildman–Crippen MR) is 110 cm³/mol. The number of sulfonamides is 1. The number of piperazine rings is 1. The van der Waals surface area contributed by atoms with Crippen LogP contribution in [0.25, 0.3) is 0 Å². The molecule has 0 aromatic heterocycles. The Morgan fingerprint density at radius 3 is 2.45 bits per heavy atom. The Morgan fingerprint density at radius 2 is 1.72 bits per heavy atom. The van der Waals surface area contributed by atoms with E-state index in [1.807, 2.05) is 17.0 Å². The standard InChI is InChI=1S/C20H22N4O4S/c1-14(21-19-15-6-2-5-9-18(15)29(27,28)22-19)20(26)24-12-10-23(11-13-24)16-7-3-4-8-17(16)25/h2-9,14,25H,10-13H2,1H3,(H,21,22). The number of aromatic hydroxyl groups is 1. The first-order valence-corrected chi connectivity index (χ1v) is 10.9. The summed E-state index contributed by atoms with van der Waals surface area (Å²) >= 11 is 0. The van der Waals surface area contributed by atoms with Crippen molar-refractivity contribution in [1.82, 2.24) is 9.62 Å². The van der Waals surface area contributed by atoms with Crippen molar-refractivity contribution in [1.29, 1.82) is 0 Å². The van der Waals surface area contributed by atoms with Gasteiger partial charge in [-0.05, 0) is 31.2 Å². The topological polar surface area (TPSA) is 102 Å². The van der Waals surface area contributed by atoms with Gasteiger partial charge in [-0.15, -0.1) is 0 Å². The fraction of sp³-hybridized carbons (Fsp3) is 0.300. The average molecular weight is 414 g/mol. The minimum atomic E-state index is -3.63. The maximum atomic E-state index is 12.8. The summed E-state index contributed by atoms with van der Waals surface area (Å²) in [6.07, 6.45) is 0. The van der Waals surface area contributed by atoms with Crippen molar-refractivity contribution in [2.45, 2.75) is 17.9 Å². The maximum Gasteiger partial charge on any atom is 0.263 e. The van der Waals surface area contributed by atoms with Gasteiger partial charge in [0, 0.05) is 31.7 Å². The molecule has 152 valence electrons. The summed E-state index contributed by atoms with van der Waals surface area (Å²) in [6.45, 7) is 3.87. The van der Waals surface area contributed by atoms with Crippen molar-refractivity contribution in [3.05, 3.63) is 54.1 Å². The Hall–Kier alpha value is -3.07. The molecule has 1 amide bonds. The Balaban J connectivity index is 1.45. The zero-order valence-corrected chi connectivity index (χ0v) is 16.8. The van der Waals surface area contributed by atoms with Gasteiger partial charge in [0.2, 0.25) is 5.91 Å². The van der Waals surface area contributed by atoms with Crippen LogP contribution in [0.4, 0.5) is 5.69 Å². The molecule has 1 unspecified atom stereocenters. The smallest absolute Gasteiger partial charge is 0.263 e. The zero-order chi connectivity index (χ0) is 20.6. The van der Waals surface area contributed by atoms with Crippen molar-refractivity contribution in [2.75, 3.05) is 31.1 Å². The number of aliphatic imine (C=N–C) groups is 1. The van der Waals surface area contributed by atoms with E-state index in [9.17, 15) is 18.3 Å². The van der Waals surface area contributed by atoms with E-state index in [0.717, 1.165) is 5.69 Å². The summed E-state index contributed by atoms with van der Waals surface area (Å²) in [7, 11) is -3.63. The molecule has 2 aliphatic heterocycles. The molecule has 29 heavy (non-hydrogen) atoms. The van der Waals surface area contributed by atoms with E-state index in [1.54, 1.807) is 42.2 Å². The molecule has 8 nitrogen and oxygen atoms in total. The quantitative estimate of drug-likeness (QED) is 0.785. The van der Waals surface area contributed by atoms with Crippen LogP contribution in [-0.4, -0.2) is 62.4 Å². The number of carbonyl (C=O) groups is 1. The molecule has 2 aromatic carbocycles. The van der Waals surface area contributed by atoms with Gasteiger partial charge in [-0.25, -0.2) is 8.42 Å². The van der Waals surface area contributed by atoms with Gasteiger partial charge >= 0.3 is 0 Å². The molecular formula is C20H22N4O4S. The van der Waals surface area contributed by atoms with E-state index >= 15 is 0 Å². The van der Waals surface area contributed by atoms with Crippen LogP contribution in [-0.2, 0) is 14.8 Å². The first kappa shape index (κ1) is 19.3. The lowest BCUT2D eigenvalue weighted by atomic mass is 10.2. The molecule has 4 rings (SSSR count). The molecule has 2 N–H and O–H groups in total. The van der Waals surface area contributed by atoms with Gasteiger partial charge < -0.3 is 14.9 Å². The van der Waals surface area contributed by atoms with E-state index in [4.69, 9.17) is 0 Å². The third-order valence-corrected chi connectivity index (χ3v) is 6.55. The summed E-state index contributed by atoms with van der Waals surface area (Å²) in [5, 5.41) is 10.0. The summed E-state index contributed by atoms with van der Waals surface area (Å²) in [4.78, 5) is 21.1. The number of para-hydroxylation sites is 2. The average Bonchev–Trinajstić information content (AvgIpc) is 2.98. The number of amides is 1. The van der Waals surface area contributed by atoms with Crippen molar-refractivity contribution < 1.29 is 18.3 Å². The Kier molecular flexibility index (Phi) is 4.91. The number of phenolic OH excluding ortho intramolecular Hbond substituents is 1. The van der Waals surface area contributed by atoms with Gasteiger partial charge in [0.1, 0.15) is 17.6 Å². The number of hydrogen-bond donors (Lipinski definition) is 2. The summed E-state index contributed by atoms with van der Waals surface area (Å²) < 4.78 is 26.8. The van der Waals surface area contributed by atoms with Crippen LogP contribution in [0.15, 0.2) is 58.4 Å². The van der Waals surface area contributed by atoms with E-state index in [1.165, 1.54) is 6.07 Å². The lowest BCUT2D eigenvalue weighted by Gasteiger charge is -2.37. The highest BCUT2D eigenvalue weighted by Gasteiger charge is 2.32. The maximum absolute atomic E-state index is 12.8. The highest BCUT2D eigenvalue weighted by molar-refractivity contribution is 7.90. The zero-order valence-electron chi connectivity index (χ0n) is 15.9. The number of nitrogens with zero attached hydrogens (tertiary/aromatic N) is 3. The second-order valence-electron chi connectivity index (χ2n) is 7.06. The van der Waals surface area contributed by atoms with Gasteiger partial charge in [0.05, 0.1) is 10.6 Å². The molecule has 2 aromatic rings. The number of hydrogen-bond acceptors (Lipinski definition) is 6. The monoisotopic (exact) mass is 414 g/mol. The van der Waals surface area contributed by atoms with Crippen molar-refractivity contribution in [2.24, 2.45) is 4.99 Å². The second-order valence-corrected chi connectivity index (χ2v) is 8.71. The van der Waals surface area contributed by atoms with Gasteiger partial charge in [0.25, 0.3) is 10.0 Å². The van der Waals surface area contributed by atoms with Crippen molar-refractivity contribution in [3.8, 4) is 5.75 Å². The highest BCUT2D eigenvalue weighted by Crippen LogP contribution is 2.27. The molecule has 0 saturated carbocycles. The number of fused-ring (bicyclic) bond motifs is 1. The largest absolute Gasteiger partial charge is 0.506 e. The number of benzene rings is 2. The van der Waals surface area contributed by atoms with Gasteiger partial charge in [0.15, 0.2) is 0 Å². The third-order valence-electron chi connectivity index (χ3n) is 5.16. The lowest BCUT2D eigenvalue weighted by molar-refractivity contribution is -0.132. The van der Waals surface area contributed by atoms with Gasteiger partial charge in [-0.3, -0.25) is 14.5 Å². The molecule has 2 aliphatic rings. The summed E-state index contributed by atoms with van der Waals surface area (Å²) in [5.41, 5.74) is 1.24. The lowest BCUT2D eigenvalue weighted by Crippen LogP contribution is -2.51. The van der Waals surface area contributed by atoms with Gasteiger partial charge in [-0.2, -0.15) is 0 Å². The van der Waals surface area contributed by atoms with E-state index in [-0.39, 0.29) is 22.4 Å². The van der Waals surface area contributed by atoms with Crippen LogP contribution >= 0.6 is 0 Å². The highest BCUT2D eigenvalue weighted by atomic mass is 32.2. The Bertz CT molecular complexity index is 1080. The number of nitrogens with one attached hydrogen (secondary N) is 1. The van der Waals surface area contributed by atoms with Crippen LogP contribution in [0.1, 0.15) is 12.5 Å². The van der Waals surface area contributed by atoms with E-state index < -0.39 is 16.1 Å². The van der Waals surface area contributed by atoms with Crippen molar-refractivity contribution >= 4 is 27.5 Å². The number of anilines is 1. The molecule has 2 heterocycles. The number of rotatable bonds is 3. The minimum absolute atomic E-state index is 0.155. The molecule has 0 bridgehead atoms. The van der Waals surface area contributed by atoms with Crippen LogP contribution in [0, 0.1) is 0 Å². The van der Waals surface area contributed by atoms with Crippen LogP contribution < -0.4 is 9.62 Å². The van der Waals surface area contributed by atoms with E-state index in [2.05, 4.69) is 9.71 Å². The normalized spacial score (nSPS) is 20.2. The van der Waals surface area contributed by atoms with E-state index in [0.29, 0.717) is 31.7 Å². The SMILES string of the molecule is CC(N=C1NS(=O)(=O)c2ccccc21)C(=O)N1CCN(c2ccccc2O)CC1. The number of amidine groups is 1. The number of phenols is 1. The Morgan fingerprint density at radius 1 is 1.07 bits per heavy atom. The molecule has 0 radical (unpaired) electrons. The predicted octanol–water partition coefficient (Wildman–Crippen LogP) is 1.17. The molecule has 0 aliphatic carbocycles. The molecule has 1 atom stereocenters. The number of carbonyl (C=O) groups excluding carboxylic acids is 1. The third kappa shape index (κ3) is 3.65. The second kappa shape index (κ2) is 7.40. The Labute approximate surface area is 169 Å². The van der Waals surface area contributed by atoms with Gasteiger partial charge in [-0.1, -0.05) is 24.3 Å². The molecule has 1 fully saturated rings. The first-order chi connectivity index (χ1) is 13.9. The first-order valence-electron chi connectivity index (χ1n) is 9.38. The van der Waals surface area contributed by atoms with Crippen LogP contribution in [0.2, 0.25) is 0 Å². The fourth-order valence-electron chi connectivity index (χ4n) is 3.64. The van der Waals surface area contributed by atoms with Crippen LogP contribution in [0.5, 0.6) is 5.75 Å². The van der Waals surface area contributed by atoms with Crippen molar-refractivity contribution in [3.63, 3.8) is 0 Å².